The van der Waals surface area contributed by atoms with Crippen molar-refractivity contribution in [2.45, 2.75) is 19.6 Å². The summed E-state index contributed by atoms with van der Waals surface area (Å²) in [4.78, 5) is 4.43. The average Bonchev–Trinajstić information content (AvgIpc) is 3.14. The van der Waals surface area contributed by atoms with E-state index in [9.17, 15) is 5.26 Å². The molecule has 2 N–H and O–H groups in total. The van der Waals surface area contributed by atoms with Gasteiger partial charge in [-0.15, -0.1) is 0 Å². The highest BCUT2D eigenvalue weighted by Crippen LogP contribution is 2.36. The van der Waals surface area contributed by atoms with Crippen molar-refractivity contribution >= 4 is 5.82 Å². The molecule has 0 bridgehead atoms. The van der Waals surface area contributed by atoms with Crippen LogP contribution in [-0.2, 0) is 24.3 Å². The molecule has 0 amide bonds. The molecule has 124 valence electrons. The van der Waals surface area contributed by atoms with E-state index < -0.39 is 0 Å². The highest BCUT2D eigenvalue weighted by atomic mass is 16.5. The van der Waals surface area contributed by atoms with Crippen molar-refractivity contribution in [1.29, 1.82) is 5.26 Å². The summed E-state index contributed by atoms with van der Waals surface area (Å²) in [6.07, 6.45) is 4.38. The van der Waals surface area contributed by atoms with E-state index in [2.05, 4.69) is 16.2 Å². The summed E-state index contributed by atoms with van der Waals surface area (Å²) in [5.41, 5.74) is 11.3. The Morgan fingerprint density at radius 2 is 2.16 bits per heavy atom. The third kappa shape index (κ3) is 2.75. The van der Waals surface area contributed by atoms with Gasteiger partial charge in [0.25, 0.3) is 0 Å². The van der Waals surface area contributed by atoms with E-state index in [1.807, 2.05) is 41.2 Å². The molecule has 6 nitrogen and oxygen atoms in total. The molecule has 25 heavy (non-hydrogen) atoms. The van der Waals surface area contributed by atoms with Crippen LogP contribution in [0.15, 0.2) is 42.7 Å². The Balaban J connectivity index is 1.93. The van der Waals surface area contributed by atoms with Crippen molar-refractivity contribution in [1.82, 2.24) is 14.8 Å². The normalized spacial score (nSPS) is 13.2. The Morgan fingerprint density at radius 1 is 1.28 bits per heavy atom. The number of anilines is 1. The summed E-state index contributed by atoms with van der Waals surface area (Å²) < 4.78 is 7.49. The van der Waals surface area contributed by atoms with Crippen LogP contribution in [0.2, 0.25) is 0 Å². The molecule has 0 atom stereocenters. The van der Waals surface area contributed by atoms with Gasteiger partial charge in [0, 0.05) is 29.9 Å². The SMILES string of the molecule is N#Cc1c(N)nc2c(c1-c1ccccc1Cn1cccn1)COCC2. The zero-order chi connectivity index (χ0) is 17.2. The van der Waals surface area contributed by atoms with Crippen molar-refractivity contribution in [2.24, 2.45) is 0 Å². The zero-order valence-corrected chi connectivity index (χ0v) is 13.6. The number of hydrogen-bond donors (Lipinski definition) is 1. The van der Waals surface area contributed by atoms with Crippen LogP contribution in [0, 0.1) is 11.3 Å². The van der Waals surface area contributed by atoms with Crippen molar-refractivity contribution in [3.8, 4) is 17.2 Å². The highest BCUT2D eigenvalue weighted by Gasteiger charge is 2.23. The fourth-order valence-corrected chi connectivity index (χ4v) is 3.28. The molecule has 3 aromatic rings. The number of rotatable bonds is 3. The first-order valence-corrected chi connectivity index (χ1v) is 8.12. The molecular weight excluding hydrogens is 314 g/mol. The van der Waals surface area contributed by atoms with Crippen LogP contribution < -0.4 is 5.73 Å². The number of nitrogen functional groups attached to an aromatic ring is 1. The molecule has 0 unspecified atom stereocenters. The van der Waals surface area contributed by atoms with E-state index in [0.717, 1.165) is 27.9 Å². The standard InChI is InChI=1S/C19H17N5O/c20-10-15-18(16-12-25-9-6-17(16)23-19(15)21)14-5-2-1-4-13(14)11-24-8-3-7-22-24/h1-5,7-8H,6,9,11-12H2,(H2,21,23). The first-order valence-electron chi connectivity index (χ1n) is 8.12. The Labute approximate surface area is 145 Å². The largest absolute Gasteiger partial charge is 0.383 e. The van der Waals surface area contributed by atoms with Crippen LogP contribution in [0.3, 0.4) is 0 Å². The van der Waals surface area contributed by atoms with Crippen LogP contribution in [0.5, 0.6) is 0 Å². The molecule has 1 aliphatic heterocycles. The van der Waals surface area contributed by atoms with Gasteiger partial charge in [-0.2, -0.15) is 10.4 Å². The highest BCUT2D eigenvalue weighted by molar-refractivity contribution is 5.81. The van der Waals surface area contributed by atoms with Crippen LogP contribution in [0.4, 0.5) is 5.82 Å². The number of hydrogen-bond acceptors (Lipinski definition) is 5. The summed E-state index contributed by atoms with van der Waals surface area (Å²) in [6.45, 7) is 1.69. The van der Waals surface area contributed by atoms with Crippen molar-refractivity contribution < 1.29 is 4.74 Å². The minimum Gasteiger partial charge on any atom is -0.383 e. The number of nitrogens with zero attached hydrogens (tertiary/aromatic N) is 4. The molecule has 4 rings (SSSR count). The Hall–Kier alpha value is -3.17. The summed E-state index contributed by atoms with van der Waals surface area (Å²) >= 11 is 0. The van der Waals surface area contributed by atoms with Gasteiger partial charge in [0.1, 0.15) is 17.5 Å². The summed E-state index contributed by atoms with van der Waals surface area (Å²) in [7, 11) is 0. The van der Waals surface area contributed by atoms with E-state index in [4.69, 9.17) is 10.5 Å². The number of ether oxygens (including phenoxy) is 1. The smallest absolute Gasteiger partial charge is 0.142 e. The molecule has 0 saturated carbocycles. The molecule has 0 aliphatic carbocycles. The predicted octanol–water partition coefficient (Wildman–Crippen LogP) is 2.52. The van der Waals surface area contributed by atoms with Gasteiger partial charge in [-0.3, -0.25) is 4.68 Å². The zero-order valence-electron chi connectivity index (χ0n) is 13.6. The van der Waals surface area contributed by atoms with Gasteiger partial charge >= 0.3 is 0 Å². The van der Waals surface area contributed by atoms with Gasteiger partial charge in [0.05, 0.1) is 25.5 Å². The van der Waals surface area contributed by atoms with Crippen molar-refractivity contribution in [3.63, 3.8) is 0 Å². The van der Waals surface area contributed by atoms with Gasteiger partial charge < -0.3 is 10.5 Å². The van der Waals surface area contributed by atoms with Crippen LogP contribution in [-0.4, -0.2) is 21.4 Å². The molecule has 1 aromatic carbocycles. The topological polar surface area (TPSA) is 89.8 Å². The molecule has 1 aliphatic rings. The van der Waals surface area contributed by atoms with E-state index in [1.165, 1.54) is 0 Å². The average molecular weight is 331 g/mol. The fraction of sp³-hybridized carbons (Fsp3) is 0.211. The number of nitriles is 1. The summed E-state index contributed by atoms with van der Waals surface area (Å²) in [6, 6.07) is 12.1. The molecule has 2 aromatic heterocycles. The number of aromatic nitrogens is 3. The number of fused-ring (bicyclic) bond motifs is 1. The first kappa shape index (κ1) is 15.4. The second-order valence-electron chi connectivity index (χ2n) is 5.95. The third-order valence-electron chi connectivity index (χ3n) is 4.43. The molecule has 3 heterocycles. The second kappa shape index (κ2) is 6.38. The van der Waals surface area contributed by atoms with Crippen molar-refractivity contribution in [3.05, 3.63) is 65.1 Å². The minimum atomic E-state index is 0.284. The van der Waals surface area contributed by atoms with Gasteiger partial charge in [0.2, 0.25) is 0 Å². The molecular formula is C19H17N5O. The lowest BCUT2D eigenvalue weighted by molar-refractivity contribution is 0.109. The molecule has 0 radical (unpaired) electrons. The van der Waals surface area contributed by atoms with E-state index in [1.54, 1.807) is 6.20 Å². The fourth-order valence-electron chi connectivity index (χ4n) is 3.28. The molecule has 0 saturated heterocycles. The van der Waals surface area contributed by atoms with E-state index in [0.29, 0.717) is 31.7 Å². The van der Waals surface area contributed by atoms with Crippen LogP contribution >= 0.6 is 0 Å². The monoisotopic (exact) mass is 331 g/mol. The maximum atomic E-state index is 9.68. The predicted molar refractivity (Wildman–Crippen MR) is 93.5 cm³/mol. The van der Waals surface area contributed by atoms with Gasteiger partial charge in [-0.1, -0.05) is 24.3 Å². The first-order chi connectivity index (χ1) is 12.3. The van der Waals surface area contributed by atoms with Gasteiger partial charge in [-0.05, 0) is 17.2 Å². The molecule has 0 fully saturated rings. The molecule has 6 heteroatoms. The quantitative estimate of drug-likeness (QED) is 0.796. The van der Waals surface area contributed by atoms with Crippen LogP contribution in [0.1, 0.15) is 22.4 Å². The van der Waals surface area contributed by atoms with Gasteiger partial charge in [-0.25, -0.2) is 4.98 Å². The molecule has 0 spiro atoms. The number of benzene rings is 1. The summed E-state index contributed by atoms with van der Waals surface area (Å²) in [5.74, 6) is 0.284. The van der Waals surface area contributed by atoms with Crippen LogP contribution in [0.25, 0.3) is 11.1 Å². The Morgan fingerprint density at radius 3 is 2.96 bits per heavy atom. The van der Waals surface area contributed by atoms with Gasteiger partial charge in [0.15, 0.2) is 0 Å². The minimum absolute atomic E-state index is 0.284. The third-order valence-corrected chi connectivity index (χ3v) is 4.43. The number of pyridine rings is 1. The lowest BCUT2D eigenvalue weighted by Gasteiger charge is -2.22. The maximum Gasteiger partial charge on any atom is 0.142 e. The lowest BCUT2D eigenvalue weighted by Crippen LogP contribution is -2.16. The van der Waals surface area contributed by atoms with Crippen molar-refractivity contribution in [2.75, 3.05) is 12.3 Å². The number of nitrogens with two attached hydrogens (primary N) is 1. The Bertz CT molecular complexity index is 957. The van der Waals surface area contributed by atoms with E-state index in [-0.39, 0.29) is 5.82 Å². The second-order valence-corrected chi connectivity index (χ2v) is 5.95. The lowest BCUT2D eigenvalue weighted by atomic mass is 9.90. The summed E-state index contributed by atoms with van der Waals surface area (Å²) in [5, 5.41) is 14.0. The Kier molecular flexibility index (Phi) is 3.92. The van der Waals surface area contributed by atoms with E-state index >= 15 is 0 Å². The maximum absolute atomic E-state index is 9.68.